The number of nitrogens with zero attached hydrogens (tertiary/aromatic N) is 1. The molecule has 80 heavy (non-hydrogen) atoms. The summed E-state index contributed by atoms with van der Waals surface area (Å²) < 4.78 is 25.3. The molecule has 18 heteroatoms. The quantitative estimate of drug-likeness (QED) is 0.0620. The molecule has 13 nitrogen and oxygen atoms in total. The molecule has 0 radical (unpaired) electrons. The minimum Gasteiger partial charge on any atom is -0.481 e. The fourth-order valence-corrected chi connectivity index (χ4v) is 17.4. The summed E-state index contributed by atoms with van der Waals surface area (Å²) in [4.78, 5) is 73.6. The van der Waals surface area contributed by atoms with E-state index in [-0.39, 0.29) is 86.8 Å². The molecule has 2 saturated carbocycles. The normalized spacial score (nSPS) is 30.4. The molecule has 2 unspecified atom stereocenters. The van der Waals surface area contributed by atoms with Crippen LogP contribution in [0.25, 0.3) is 0 Å². The van der Waals surface area contributed by atoms with E-state index >= 15 is 0 Å². The summed E-state index contributed by atoms with van der Waals surface area (Å²) in [5, 5.41) is 27.6. The standard InChI is InChI=1S/2C20H29IO4Si.C17H21IO4.C2H3N.3CH4/c1-18(2)12-11-14(21)20(25-17(12)24)13(18)7-8-19(3,15(20)16(22)23)9-10-26(4,5)6;1-14(2)8-7-9-15(3)12-20(26(4,5)6)25-19(23)13-17-16(21)10-11-18(22)24-17;1-5-16(4)7-6-10-15(2,3)9-8-11(18)17(10,22-14(9)21)12(16)13(19)20;1-2-3;;;/h9-13,15H,7-8H2,1-6H3,(H,22,23);8,10-12,20H,7,9,13H2,1-6H3;5,8-10,12H,1,6-7H2,2-4H3,(H,19,20);1H3;3*1H4/b10-9+;15-12+;;;;;/t12-,13+,15+,19?,20+;20-;9-,10+,12+,16?,17+;;;;/m101..../s1. The zero-order chi connectivity index (χ0) is 58.8. The number of hydrogen-bond donors (Lipinski definition) is 2. The molecule has 2 N–H and O–H groups in total. The molecule has 4 aliphatic carbocycles. The summed E-state index contributed by atoms with van der Waals surface area (Å²) in [6.07, 6.45) is 17.2. The van der Waals surface area contributed by atoms with Gasteiger partial charge in [0.05, 0.1) is 37.6 Å². The van der Waals surface area contributed by atoms with Crippen molar-refractivity contribution in [2.45, 2.75) is 193 Å². The molecule has 11 atom stereocenters. The first kappa shape index (κ1) is 74.9. The molecule has 4 bridgehead atoms. The number of nitriles is 1. The highest BCUT2D eigenvalue weighted by molar-refractivity contribution is 14.1. The Balaban J connectivity index is 0.000000576. The molecule has 4 aliphatic heterocycles. The Morgan fingerprint density at radius 3 is 1.64 bits per heavy atom. The molecule has 4 fully saturated rings. The van der Waals surface area contributed by atoms with Crippen LogP contribution in [-0.2, 0) is 44.6 Å². The van der Waals surface area contributed by atoms with Crippen molar-refractivity contribution >= 4 is 114 Å². The molecule has 0 amide bonds. The minimum absolute atomic E-state index is 0. The zero-order valence-corrected chi connectivity index (χ0v) is 56.4. The van der Waals surface area contributed by atoms with E-state index < -0.39 is 67.6 Å². The average Bonchev–Trinajstić information content (AvgIpc) is 3.28. The highest BCUT2D eigenvalue weighted by atomic mass is 127. The molecular formula is C62H94I3NO12Si2. The van der Waals surface area contributed by atoms with Gasteiger partial charge in [-0.3, -0.25) is 24.0 Å². The molecule has 5 heterocycles. The zero-order valence-electron chi connectivity index (χ0n) is 48.0. The van der Waals surface area contributed by atoms with Gasteiger partial charge in [0.25, 0.3) is 0 Å². The van der Waals surface area contributed by atoms with Gasteiger partial charge in [-0.05, 0) is 150 Å². The van der Waals surface area contributed by atoms with E-state index in [9.17, 15) is 39.0 Å². The summed E-state index contributed by atoms with van der Waals surface area (Å²) in [6, 6.07) is 4.75. The van der Waals surface area contributed by atoms with Crippen LogP contribution in [0, 0.1) is 72.1 Å². The summed E-state index contributed by atoms with van der Waals surface area (Å²) in [6.45, 7) is 37.1. The van der Waals surface area contributed by atoms with Crippen molar-refractivity contribution in [3.05, 3.63) is 98.9 Å². The second kappa shape index (κ2) is 28.2. The number of hydrogen-bond acceptors (Lipinski definition) is 11. The fraction of sp³-hybridized carbons (Fsp3) is 0.629. The van der Waals surface area contributed by atoms with Crippen LogP contribution >= 0.6 is 67.8 Å². The Morgan fingerprint density at radius 1 is 0.800 bits per heavy atom. The fourth-order valence-electron chi connectivity index (χ4n) is 12.5. The number of carboxylic acid groups (broad SMARTS) is 2. The lowest BCUT2D eigenvalue weighted by Crippen LogP contribution is -2.70. The summed E-state index contributed by atoms with van der Waals surface area (Å²) in [5.41, 5.74) is 0.315. The number of fused-ring (bicyclic) bond motifs is 2. The Kier molecular flexibility index (Phi) is 26.4. The summed E-state index contributed by atoms with van der Waals surface area (Å²) >= 11 is 6.44. The molecule has 1 aromatic heterocycles. The van der Waals surface area contributed by atoms with E-state index in [0.29, 0.717) is 5.76 Å². The number of esters is 3. The number of carboxylic acids is 2. The summed E-state index contributed by atoms with van der Waals surface area (Å²) in [5.74, 6) is -4.43. The van der Waals surface area contributed by atoms with Gasteiger partial charge in [0.1, 0.15) is 29.7 Å². The predicted molar refractivity (Wildman–Crippen MR) is 352 cm³/mol. The molecule has 448 valence electrons. The Bertz CT molecular complexity index is 2730. The van der Waals surface area contributed by atoms with Crippen molar-refractivity contribution in [1.82, 2.24) is 0 Å². The highest BCUT2D eigenvalue weighted by Gasteiger charge is 2.73. The average molecular weight is 1480 g/mol. The lowest BCUT2D eigenvalue weighted by Gasteiger charge is -2.64. The monoisotopic (exact) mass is 1480 g/mol. The van der Waals surface area contributed by atoms with E-state index in [1.807, 2.05) is 26.0 Å². The third-order valence-corrected chi connectivity index (χ3v) is 23.2. The van der Waals surface area contributed by atoms with Gasteiger partial charge >= 0.3 is 35.5 Å². The molecular weight excluding hydrogens is 1390 g/mol. The molecule has 9 rings (SSSR count). The smallest absolute Gasteiger partial charge is 0.335 e. The number of rotatable bonds is 13. The molecule has 2 spiro atoms. The van der Waals surface area contributed by atoms with Gasteiger partial charge in [-0.25, -0.2) is 4.79 Å². The van der Waals surface area contributed by atoms with Crippen LogP contribution in [0.4, 0.5) is 0 Å². The van der Waals surface area contributed by atoms with Crippen molar-refractivity contribution in [2.24, 2.45) is 57.2 Å². The highest BCUT2D eigenvalue weighted by Crippen LogP contribution is 2.69. The van der Waals surface area contributed by atoms with E-state index in [2.05, 4.69) is 186 Å². The van der Waals surface area contributed by atoms with Crippen LogP contribution in [0.2, 0.25) is 39.3 Å². The lowest BCUT2D eigenvalue weighted by atomic mass is 9.46. The van der Waals surface area contributed by atoms with Gasteiger partial charge < -0.3 is 28.8 Å². The minimum atomic E-state index is -1.74. The van der Waals surface area contributed by atoms with Crippen LogP contribution in [0.3, 0.4) is 0 Å². The van der Waals surface area contributed by atoms with Gasteiger partial charge in [-0.2, -0.15) is 5.26 Å². The van der Waals surface area contributed by atoms with Crippen molar-refractivity contribution in [1.29, 1.82) is 5.26 Å². The molecule has 0 aromatic carbocycles. The van der Waals surface area contributed by atoms with Crippen molar-refractivity contribution in [3.63, 3.8) is 0 Å². The molecule has 1 aromatic rings. The van der Waals surface area contributed by atoms with E-state index in [4.69, 9.17) is 23.9 Å². The first-order valence-electron chi connectivity index (χ1n) is 26.4. The Labute approximate surface area is 522 Å². The maximum absolute atomic E-state index is 12.7. The van der Waals surface area contributed by atoms with Crippen LogP contribution in [-0.4, -0.2) is 73.1 Å². The van der Waals surface area contributed by atoms with Crippen molar-refractivity contribution < 1.29 is 52.8 Å². The van der Waals surface area contributed by atoms with E-state index in [1.165, 1.54) is 24.1 Å². The second-order valence-electron chi connectivity index (χ2n) is 25.7. The molecule has 8 aliphatic rings. The Morgan fingerprint density at radius 2 is 1.24 bits per heavy atom. The first-order valence-corrected chi connectivity index (χ1v) is 36.8. The predicted octanol–water partition coefficient (Wildman–Crippen LogP) is 16.1. The maximum Gasteiger partial charge on any atom is 0.335 e. The van der Waals surface area contributed by atoms with Gasteiger partial charge in [0.2, 0.25) is 0 Å². The van der Waals surface area contributed by atoms with Gasteiger partial charge in [0, 0.05) is 42.8 Å². The van der Waals surface area contributed by atoms with Crippen molar-refractivity contribution in [3.8, 4) is 6.07 Å². The van der Waals surface area contributed by atoms with Gasteiger partial charge in [-0.15, -0.1) is 6.58 Å². The topological polar surface area (TPSA) is 208 Å². The first-order chi connectivity index (χ1) is 35.3. The number of ether oxygens (including phenoxy) is 3. The van der Waals surface area contributed by atoms with Gasteiger partial charge in [-0.1, -0.05) is 150 Å². The molecule has 2 saturated heterocycles. The number of carbonyl (C=O) groups is 5. The Hall–Kier alpha value is -3.15. The third kappa shape index (κ3) is 15.6. The lowest BCUT2D eigenvalue weighted by molar-refractivity contribution is -0.232. The van der Waals surface area contributed by atoms with Gasteiger partial charge in [0.15, 0.2) is 11.2 Å². The third-order valence-electron chi connectivity index (χ3n) is 16.7. The second-order valence-corrected chi connectivity index (χ2v) is 39.6. The number of halogens is 3. The number of allylic oxidation sites excluding steroid dienone is 5. The largest absolute Gasteiger partial charge is 0.481 e. The summed E-state index contributed by atoms with van der Waals surface area (Å²) in [7, 11) is -3.22. The maximum atomic E-state index is 12.7. The van der Waals surface area contributed by atoms with Crippen LogP contribution < -0.4 is 5.63 Å². The van der Waals surface area contributed by atoms with E-state index in [1.54, 1.807) is 18.2 Å². The number of aliphatic carboxylic acids is 2. The SMILES string of the molecule is C.C.C.C=CC1(C)CC[C@H]2C(C)(C)[C@@H]3C=C(I)[C@]2(OC3=O)[C@H]1C(=O)O.CC#N.CC(C)=CCC/C(C)=C/[C@@H](OC(=O)Cc1oc(=O)ccc1I)[Si](C)(C)C.CC1(/C=C/[Si](C)(C)C)CC[C@H]2C(C)(C)[C@@H]3C=C(I)[C@]2(OC3=O)[C@H]1C(=O)O. The van der Waals surface area contributed by atoms with Crippen LogP contribution in [0.5, 0.6) is 0 Å². The van der Waals surface area contributed by atoms with E-state index in [0.717, 1.165) is 49.3 Å². The van der Waals surface area contributed by atoms with Crippen LogP contribution in [0.1, 0.15) is 136 Å². The van der Waals surface area contributed by atoms with Crippen molar-refractivity contribution in [2.75, 3.05) is 0 Å². The van der Waals surface area contributed by atoms with Crippen LogP contribution in [0.15, 0.2) is 88.4 Å². The number of carbonyl (C=O) groups excluding carboxylic acids is 3.